The minimum atomic E-state index is -3.98. The number of alkyl carbamates (subject to hydrolysis) is 1. The molecule has 0 spiro atoms. The second-order valence-electron chi connectivity index (χ2n) is 12.2. The molecule has 4 N–H and O–H groups in total. The average molecular weight is 654 g/mol. The van der Waals surface area contributed by atoms with Gasteiger partial charge >= 0.3 is 6.09 Å². The highest BCUT2D eigenvalue weighted by molar-refractivity contribution is 7.89. The fraction of sp³-hybridized carbons (Fsp3) is 0.441. The van der Waals surface area contributed by atoms with E-state index in [2.05, 4.69) is 5.32 Å². The third-order valence-corrected chi connectivity index (χ3v) is 9.96. The molecule has 1 amide bonds. The molecule has 0 unspecified atom stereocenters. The summed E-state index contributed by atoms with van der Waals surface area (Å²) < 4.78 is 51.4. The molecule has 2 saturated heterocycles. The molecule has 5 rings (SSSR count). The van der Waals surface area contributed by atoms with E-state index in [1.807, 2.05) is 68.4 Å². The largest absolute Gasteiger partial charge is 0.489 e. The van der Waals surface area contributed by atoms with Crippen molar-refractivity contribution in [1.82, 2.24) is 9.62 Å². The Hall–Kier alpha value is -3.68. The number of nitrogens with zero attached hydrogens (tertiary/aromatic N) is 1. The van der Waals surface area contributed by atoms with Crippen molar-refractivity contribution in [3.63, 3.8) is 0 Å². The van der Waals surface area contributed by atoms with Crippen LogP contribution in [0.15, 0.2) is 83.8 Å². The predicted molar refractivity (Wildman–Crippen MR) is 172 cm³/mol. The maximum Gasteiger partial charge on any atom is 0.407 e. The topological polar surface area (TPSA) is 150 Å². The van der Waals surface area contributed by atoms with E-state index in [1.54, 1.807) is 0 Å². The van der Waals surface area contributed by atoms with E-state index in [4.69, 9.17) is 24.7 Å². The molecule has 3 aromatic carbocycles. The molecule has 0 saturated carbocycles. The number of hydrogen-bond acceptors (Lipinski definition) is 9. The molecule has 3 aromatic rings. The minimum absolute atomic E-state index is 0.0282. The molecule has 2 aliphatic heterocycles. The number of amides is 1. The molecule has 0 bridgehead atoms. The number of carbonyl (C=O) groups excluding carboxylic acids is 1. The fourth-order valence-electron chi connectivity index (χ4n) is 5.67. The van der Waals surface area contributed by atoms with Crippen LogP contribution in [-0.4, -0.2) is 74.8 Å². The molecule has 5 atom stereocenters. The van der Waals surface area contributed by atoms with Crippen molar-refractivity contribution in [2.75, 3.05) is 32.0 Å². The second-order valence-corrected chi connectivity index (χ2v) is 14.1. The molecular weight excluding hydrogens is 610 g/mol. The number of hydrogen-bond donors (Lipinski definition) is 3. The Morgan fingerprint density at radius 2 is 1.72 bits per heavy atom. The highest BCUT2D eigenvalue weighted by Crippen LogP contribution is 2.33. The number of nitrogens with two attached hydrogens (primary N) is 1. The Morgan fingerprint density at radius 3 is 2.41 bits per heavy atom. The van der Waals surface area contributed by atoms with Crippen LogP contribution >= 0.6 is 0 Å². The number of carbonyl (C=O) groups is 1. The quantitative estimate of drug-likeness (QED) is 0.220. The first kappa shape index (κ1) is 33.7. The van der Waals surface area contributed by atoms with Gasteiger partial charge in [0.1, 0.15) is 18.5 Å². The Balaban J connectivity index is 1.31. The van der Waals surface area contributed by atoms with Gasteiger partial charge in [0.05, 0.1) is 36.2 Å². The summed E-state index contributed by atoms with van der Waals surface area (Å²) in [6, 6.07) is 22.3. The molecule has 11 nitrogen and oxygen atoms in total. The normalized spacial score (nSPS) is 20.8. The zero-order valence-electron chi connectivity index (χ0n) is 26.2. The Labute approximate surface area is 270 Å². The van der Waals surface area contributed by atoms with Gasteiger partial charge in [-0.2, -0.15) is 4.31 Å². The molecule has 0 aromatic heterocycles. The number of nitrogens with one attached hydrogen (secondary N) is 1. The summed E-state index contributed by atoms with van der Waals surface area (Å²) in [7, 11) is -3.98. The van der Waals surface area contributed by atoms with E-state index in [0.717, 1.165) is 17.5 Å². The lowest BCUT2D eigenvalue weighted by molar-refractivity contribution is -0.0907. The fourth-order valence-corrected chi connectivity index (χ4v) is 7.29. The van der Waals surface area contributed by atoms with Crippen LogP contribution in [0.5, 0.6) is 5.75 Å². The maximum absolute atomic E-state index is 13.7. The van der Waals surface area contributed by atoms with Gasteiger partial charge in [0.2, 0.25) is 10.0 Å². The van der Waals surface area contributed by atoms with Crippen LogP contribution in [0.25, 0.3) is 0 Å². The molecule has 2 aliphatic rings. The van der Waals surface area contributed by atoms with Crippen LogP contribution in [0.4, 0.5) is 10.5 Å². The number of rotatable bonds is 14. The molecule has 2 heterocycles. The monoisotopic (exact) mass is 653 g/mol. The van der Waals surface area contributed by atoms with Gasteiger partial charge in [0, 0.05) is 18.8 Å². The van der Waals surface area contributed by atoms with Crippen LogP contribution in [-0.2, 0) is 37.3 Å². The van der Waals surface area contributed by atoms with Crippen molar-refractivity contribution in [2.24, 2.45) is 11.8 Å². The summed E-state index contributed by atoms with van der Waals surface area (Å²) >= 11 is 0. The standard InChI is InChI=1S/C34H43N3O8S/c1-23(2)19-37(46(40,41)28-14-10-26(35)11-15-28)20-31(38)30(36-34(39)45-32-22-44-33-29(32)16-17-42-33)18-24-8-12-27(13-9-24)43-21-25-6-4-3-5-7-25/h3-15,23,29-33,38H,16-22,35H2,1-2H3,(H,36,39)/t29-,30-,31+,32+,33+/m0/s1. The van der Waals surface area contributed by atoms with Crippen molar-refractivity contribution < 1.29 is 37.3 Å². The number of benzene rings is 3. The van der Waals surface area contributed by atoms with Gasteiger partial charge < -0.3 is 35.1 Å². The first-order valence-corrected chi connectivity index (χ1v) is 17.0. The molecular formula is C34H43N3O8S. The third kappa shape index (κ3) is 8.77. The maximum atomic E-state index is 13.7. The summed E-state index contributed by atoms with van der Waals surface area (Å²) in [4.78, 5) is 13.2. The lowest BCUT2D eigenvalue weighted by atomic mass is 10.0. The zero-order chi connectivity index (χ0) is 32.7. The summed E-state index contributed by atoms with van der Waals surface area (Å²) in [5.41, 5.74) is 8.07. The van der Waals surface area contributed by atoms with Gasteiger partial charge in [-0.15, -0.1) is 0 Å². The van der Waals surface area contributed by atoms with Gasteiger partial charge in [0.25, 0.3) is 0 Å². The lowest BCUT2D eigenvalue weighted by Gasteiger charge is -2.31. The molecule has 0 aliphatic carbocycles. The van der Waals surface area contributed by atoms with Crippen LogP contribution in [0, 0.1) is 11.8 Å². The lowest BCUT2D eigenvalue weighted by Crippen LogP contribution is -2.51. The number of sulfonamides is 1. The van der Waals surface area contributed by atoms with Crippen LogP contribution in [0.2, 0.25) is 0 Å². The van der Waals surface area contributed by atoms with Crippen LogP contribution in [0.3, 0.4) is 0 Å². The van der Waals surface area contributed by atoms with Gasteiger partial charge in [-0.1, -0.05) is 56.3 Å². The van der Waals surface area contributed by atoms with Gasteiger partial charge in [-0.05, 0) is 66.3 Å². The van der Waals surface area contributed by atoms with Gasteiger partial charge in [0.15, 0.2) is 6.29 Å². The molecule has 46 heavy (non-hydrogen) atoms. The van der Waals surface area contributed by atoms with E-state index in [9.17, 15) is 18.3 Å². The van der Waals surface area contributed by atoms with E-state index < -0.39 is 34.4 Å². The van der Waals surface area contributed by atoms with Crippen LogP contribution in [0.1, 0.15) is 31.4 Å². The smallest absolute Gasteiger partial charge is 0.407 e. The minimum Gasteiger partial charge on any atom is -0.489 e. The molecule has 248 valence electrons. The van der Waals surface area contributed by atoms with Crippen LogP contribution < -0.4 is 15.8 Å². The highest BCUT2D eigenvalue weighted by atomic mass is 32.2. The highest BCUT2D eigenvalue weighted by Gasteiger charge is 2.44. The van der Waals surface area contributed by atoms with Crippen molar-refractivity contribution in [2.45, 2.75) is 62.7 Å². The van der Waals surface area contributed by atoms with Crippen molar-refractivity contribution in [3.05, 3.63) is 90.0 Å². The summed E-state index contributed by atoms with van der Waals surface area (Å²) in [6.07, 6.45) is -1.92. The first-order chi connectivity index (χ1) is 22.1. The number of fused-ring (bicyclic) bond motifs is 1. The van der Waals surface area contributed by atoms with Crippen molar-refractivity contribution in [1.29, 1.82) is 0 Å². The van der Waals surface area contributed by atoms with E-state index in [0.29, 0.717) is 24.7 Å². The Kier molecular flexibility index (Phi) is 11.2. The summed E-state index contributed by atoms with van der Waals surface area (Å²) in [6.45, 7) is 4.89. The molecule has 2 fully saturated rings. The van der Waals surface area contributed by atoms with Crippen molar-refractivity contribution in [3.8, 4) is 5.75 Å². The van der Waals surface area contributed by atoms with Gasteiger partial charge in [-0.25, -0.2) is 13.2 Å². The Morgan fingerprint density at radius 1 is 1.00 bits per heavy atom. The summed E-state index contributed by atoms with van der Waals surface area (Å²) in [5.74, 6) is 0.591. The SMILES string of the molecule is CC(C)CN(C[C@@H](O)[C@H](Cc1ccc(OCc2ccccc2)cc1)NC(=O)O[C@@H]1CO[C@H]2OCC[C@H]21)S(=O)(=O)c1ccc(N)cc1. The number of anilines is 1. The molecule has 0 radical (unpaired) electrons. The average Bonchev–Trinajstić information content (AvgIpc) is 3.66. The number of aliphatic hydroxyl groups is 1. The number of ether oxygens (including phenoxy) is 4. The molecule has 12 heteroatoms. The number of nitrogen functional groups attached to an aromatic ring is 1. The second kappa shape index (κ2) is 15.3. The first-order valence-electron chi connectivity index (χ1n) is 15.6. The van der Waals surface area contributed by atoms with Crippen molar-refractivity contribution >= 4 is 21.8 Å². The van der Waals surface area contributed by atoms with E-state index >= 15 is 0 Å². The third-order valence-electron chi connectivity index (χ3n) is 8.12. The predicted octanol–water partition coefficient (Wildman–Crippen LogP) is 3.95. The number of aliphatic hydroxyl groups excluding tert-OH is 1. The zero-order valence-corrected chi connectivity index (χ0v) is 27.0. The Bertz CT molecular complexity index is 1520. The van der Waals surface area contributed by atoms with E-state index in [1.165, 1.54) is 28.6 Å². The van der Waals surface area contributed by atoms with Gasteiger partial charge in [-0.3, -0.25) is 0 Å². The summed E-state index contributed by atoms with van der Waals surface area (Å²) in [5, 5.41) is 14.4. The van der Waals surface area contributed by atoms with E-state index in [-0.39, 0.29) is 49.1 Å².